The number of esters is 1. The van der Waals surface area contributed by atoms with Crippen LogP contribution in [0.25, 0.3) is 16.9 Å². The Kier molecular flexibility index (Phi) is 6.66. The lowest BCUT2D eigenvalue weighted by Crippen LogP contribution is -2.25. The monoisotopic (exact) mass is 510 g/mol. The van der Waals surface area contributed by atoms with Crippen molar-refractivity contribution in [2.75, 3.05) is 7.11 Å². The standard InChI is InChI=1S/C29H26N4O5/c1-18-10-12-21(13-11-18)27-24(17-32(30-27)23-8-6-5-7-9-23)29-33(19(2)34)31-28(38-29)22-14-15-25(36-4)26(16-22)37-20(3)35/h5-17,29H,1-4H3. The molecule has 1 unspecified atom stereocenters. The van der Waals surface area contributed by atoms with Crippen molar-refractivity contribution in [1.82, 2.24) is 14.8 Å². The normalized spacial score (nSPS) is 14.6. The molecule has 4 aromatic rings. The van der Waals surface area contributed by atoms with E-state index in [9.17, 15) is 9.59 Å². The van der Waals surface area contributed by atoms with Crippen LogP contribution in [0.2, 0.25) is 0 Å². The van der Waals surface area contributed by atoms with Gasteiger partial charge in [0.25, 0.3) is 0 Å². The molecule has 1 aliphatic heterocycles. The summed E-state index contributed by atoms with van der Waals surface area (Å²) in [6, 6.07) is 22.6. The van der Waals surface area contributed by atoms with E-state index in [-0.39, 0.29) is 17.6 Å². The van der Waals surface area contributed by atoms with Crippen LogP contribution in [0, 0.1) is 6.92 Å². The lowest BCUT2D eigenvalue weighted by Gasteiger charge is -2.19. The van der Waals surface area contributed by atoms with Crippen molar-refractivity contribution in [3.8, 4) is 28.4 Å². The van der Waals surface area contributed by atoms with Crippen molar-refractivity contribution < 1.29 is 23.8 Å². The molecule has 0 saturated heterocycles. The number of carbonyl (C=O) groups excluding carboxylic acids is 2. The Bertz CT molecular complexity index is 1530. The van der Waals surface area contributed by atoms with Crippen LogP contribution in [-0.2, 0) is 14.3 Å². The Labute approximate surface area is 219 Å². The number of aryl methyl sites for hydroxylation is 1. The van der Waals surface area contributed by atoms with Gasteiger partial charge >= 0.3 is 5.97 Å². The van der Waals surface area contributed by atoms with E-state index in [2.05, 4.69) is 5.10 Å². The molecule has 192 valence electrons. The lowest BCUT2D eigenvalue weighted by atomic mass is 10.1. The van der Waals surface area contributed by atoms with Gasteiger partial charge < -0.3 is 14.2 Å². The molecule has 1 aliphatic rings. The smallest absolute Gasteiger partial charge is 0.308 e. The SMILES string of the molecule is COc1ccc(C2=NN(C(C)=O)C(c3cn(-c4ccccc4)nc3-c3ccc(C)cc3)O2)cc1OC(C)=O. The van der Waals surface area contributed by atoms with Crippen molar-refractivity contribution in [2.24, 2.45) is 5.10 Å². The van der Waals surface area contributed by atoms with Gasteiger partial charge in [-0.2, -0.15) is 10.1 Å². The van der Waals surface area contributed by atoms with E-state index in [0.717, 1.165) is 16.8 Å². The van der Waals surface area contributed by atoms with E-state index in [0.29, 0.717) is 22.6 Å². The van der Waals surface area contributed by atoms with Crippen LogP contribution in [0.3, 0.4) is 0 Å². The zero-order valence-corrected chi connectivity index (χ0v) is 21.4. The van der Waals surface area contributed by atoms with Gasteiger partial charge in [-0.15, -0.1) is 5.10 Å². The molecule has 0 spiro atoms. The topological polar surface area (TPSA) is 95.2 Å². The van der Waals surface area contributed by atoms with Crippen LogP contribution < -0.4 is 9.47 Å². The number of ether oxygens (including phenoxy) is 3. The Balaban J connectivity index is 1.58. The van der Waals surface area contributed by atoms with Crippen LogP contribution in [0.5, 0.6) is 11.5 Å². The van der Waals surface area contributed by atoms with E-state index in [1.807, 2.05) is 67.7 Å². The second kappa shape index (κ2) is 10.2. The number of aromatic nitrogens is 2. The largest absolute Gasteiger partial charge is 0.493 e. The molecule has 2 heterocycles. The first-order chi connectivity index (χ1) is 18.3. The fourth-order valence-electron chi connectivity index (χ4n) is 4.15. The predicted octanol–water partition coefficient (Wildman–Crippen LogP) is 5.02. The van der Waals surface area contributed by atoms with E-state index in [4.69, 9.17) is 19.3 Å². The summed E-state index contributed by atoms with van der Waals surface area (Å²) in [6.07, 6.45) is 0.984. The number of para-hydroxylation sites is 1. The van der Waals surface area contributed by atoms with E-state index in [1.54, 1.807) is 22.9 Å². The Morgan fingerprint density at radius 1 is 0.921 bits per heavy atom. The second-order valence-electron chi connectivity index (χ2n) is 8.78. The van der Waals surface area contributed by atoms with Crippen molar-refractivity contribution >= 4 is 17.8 Å². The van der Waals surface area contributed by atoms with Gasteiger partial charge in [0.1, 0.15) is 5.69 Å². The molecule has 0 bridgehead atoms. The van der Waals surface area contributed by atoms with E-state index >= 15 is 0 Å². The average molecular weight is 511 g/mol. The summed E-state index contributed by atoms with van der Waals surface area (Å²) in [6.45, 7) is 4.75. The second-order valence-corrected chi connectivity index (χ2v) is 8.78. The quantitative estimate of drug-likeness (QED) is 0.267. The van der Waals surface area contributed by atoms with Crippen LogP contribution >= 0.6 is 0 Å². The molecule has 0 aliphatic carbocycles. The highest BCUT2D eigenvalue weighted by Crippen LogP contribution is 2.38. The molecule has 9 nitrogen and oxygen atoms in total. The minimum atomic E-state index is -0.865. The van der Waals surface area contributed by atoms with Crippen molar-refractivity contribution in [2.45, 2.75) is 27.0 Å². The molecule has 3 aromatic carbocycles. The molecule has 0 radical (unpaired) electrons. The maximum Gasteiger partial charge on any atom is 0.308 e. The molecule has 9 heteroatoms. The maximum atomic E-state index is 12.7. The first-order valence-electron chi connectivity index (χ1n) is 12.0. The van der Waals surface area contributed by atoms with Crippen molar-refractivity contribution in [1.29, 1.82) is 0 Å². The fraction of sp³-hybridized carbons (Fsp3) is 0.172. The number of hydrogen-bond acceptors (Lipinski definition) is 7. The third-order valence-corrected chi connectivity index (χ3v) is 5.99. The molecule has 5 rings (SSSR count). The summed E-state index contributed by atoms with van der Waals surface area (Å²) >= 11 is 0. The van der Waals surface area contributed by atoms with Gasteiger partial charge in [0.05, 0.1) is 18.4 Å². The van der Waals surface area contributed by atoms with Crippen LogP contribution in [0.15, 0.2) is 84.1 Å². The Hall–Kier alpha value is -4.92. The number of methoxy groups -OCH3 is 1. The number of rotatable bonds is 6. The number of amides is 1. The summed E-state index contributed by atoms with van der Waals surface area (Å²) in [5.41, 5.74) is 4.71. The average Bonchev–Trinajstić information content (AvgIpc) is 3.55. The number of nitrogens with zero attached hydrogens (tertiary/aromatic N) is 4. The molecule has 38 heavy (non-hydrogen) atoms. The predicted molar refractivity (Wildman–Crippen MR) is 141 cm³/mol. The van der Waals surface area contributed by atoms with Gasteiger partial charge in [0, 0.05) is 31.2 Å². The Morgan fingerprint density at radius 2 is 1.63 bits per heavy atom. The van der Waals surface area contributed by atoms with Gasteiger partial charge in [-0.25, -0.2) is 4.68 Å². The highest BCUT2D eigenvalue weighted by atomic mass is 16.6. The molecule has 1 atom stereocenters. The van der Waals surface area contributed by atoms with Gasteiger partial charge in [-0.05, 0) is 37.3 Å². The zero-order chi connectivity index (χ0) is 26.8. The first kappa shape index (κ1) is 24.8. The lowest BCUT2D eigenvalue weighted by molar-refractivity contribution is -0.135. The number of carbonyl (C=O) groups is 2. The molecule has 1 amide bonds. The molecular formula is C29H26N4O5. The minimum Gasteiger partial charge on any atom is -0.493 e. The third-order valence-electron chi connectivity index (χ3n) is 5.99. The van der Waals surface area contributed by atoms with Gasteiger partial charge in [-0.3, -0.25) is 9.59 Å². The maximum absolute atomic E-state index is 12.7. The highest BCUT2D eigenvalue weighted by molar-refractivity contribution is 5.97. The zero-order valence-electron chi connectivity index (χ0n) is 21.4. The third kappa shape index (κ3) is 4.86. The summed E-state index contributed by atoms with van der Waals surface area (Å²) in [7, 11) is 1.48. The van der Waals surface area contributed by atoms with Gasteiger partial charge in [0.2, 0.25) is 18.0 Å². The summed E-state index contributed by atoms with van der Waals surface area (Å²) in [4.78, 5) is 24.3. The molecular weight excluding hydrogens is 484 g/mol. The fourth-order valence-corrected chi connectivity index (χ4v) is 4.15. The Morgan fingerprint density at radius 3 is 2.29 bits per heavy atom. The van der Waals surface area contributed by atoms with Crippen LogP contribution in [0.4, 0.5) is 0 Å². The van der Waals surface area contributed by atoms with Crippen molar-refractivity contribution in [3.63, 3.8) is 0 Å². The first-order valence-corrected chi connectivity index (χ1v) is 12.0. The molecule has 0 N–H and O–H groups in total. The summed E-state index contributed by atoms with van der Waals surface area (Å²) in [5.74, 6) is 0.00540. The van der Waals surface area contributed by atoms with Crippen LogP contribution in [0.1, 0.15) is 36.8 Å². The van der Waals surface area contributed by atoms with Gasteiger partial charge in [-0.1, -0.05) is 48.0 Å². The molecule has 0 saturated carbocycles. The highest BCUT2D eigenvalue weighted by Gasteiger charge is 2.37. The number of hydrogen-bond donors (Lipinski definition) is 0. The van der Waals surface area contributed by atoms with Crippen molar-refractivity contribution in [3.05, 3.63) is 95.7 Å². The number of hydrazone groups is 1. The van der Waals surface area contributed by atoms with E-state index in [1.165, 1.54) is 26.0 Å². The minimum absolute atomic E-state index is 0.198. The van der Waals surface area contributed by atoms with Gasteiger partial charge in [0.15, 0.2) is 11.5 Å². The molecule has 0 fully saturated rings. The van der Waals surface area contributed by atoms with E-state index < -0.39 is 12.2 Å². The number of benzene rings is 3. The summed E-state index contributed by atoms with van der Waals surface area (Å²) < 4.78 is 18.6. The van der Waals surface area contributed by atoms with Crippen LogP contribution in [-0.4, -0.2) is 39.7 Å². The molecule has 1 aromatic heterocycles. The summed E-state index contributed by atoms with van der Waals surface area (Å²) in [5, 5.41) is 10.6.